The Morgan fingerprint density at radius 3 is 2.08 bits per heavy atom. The van der Waals surface area contributed by atoms with Crippen molar-refractivity contribution in [3.63, 3.8) is 0 Å². The third-order valence-electron chi connectivity index (χ3n) is 4.35. The third-order valence-corrected chi connectivity index (χ3v) is 4.35. The first-order chi connectivity index (χ1) is 12.6. The van der Waals surface area contributed by atoms with E-state index in [4.69, 9.17) is 4.74 Å². The van der Waals surface area contributed by atoms with E-state index in [1.165, 1.54) is 12.1 Å². The van der Waals surface area contributed by atoms with E-state index >= 15 is 0 Å². The van der Waals surface area contributed by atoms with Crippen LogP contribution in [0.5, 0.6) is 5.75 Å². The molecule has 0 N–H and O–H groups in total. The molecule has 0 radical (unpaired) electrons. The molecule has 1 nitrogen and oxygen atoms in total. The Labute approximate surface area is 153 Å². The Kier molecular flexibility index (Phi) is 5.67. The summed E-state index contributed by atoms with van der Waals surface area (Å²) < 4.78 is 34.3. The number of halogens is 2. The Morgan fingerprint density at radius 1 is 0.769 bits per heavy atom. The fourth-order valence-electron chi connectivity index (χ4n) is 2.79. The molecule has 0 aliphatic heterocycles. The van der Waals surface area contributed by atoms with Gasteiger partial charge in [-0.2, -0.15) is 0 Å². The van der Waals surface area contributed by atoms with Crippen molar-refractivity contribution < 1.29 is 13.5 Å². The van der Waals surface area contributed by atoms with E-state index in [9.17, 15) is 8.78 Å². The Hall–Kier alpha value is -2.68. The second-order valence-electron chi connectivity index (χ2n) is 6.41. The molecule has 0 aliphatic carbocycles. The van der Waals surface area contributed by atoms with Crippen molar-refractivity contribution in [1.82, 2.24) is 0 Å². The molecule has 0 amide bonds. The fourth-order valence-corrected chi connectivity index (χ4v) is 2.79. The van der Waals surface area contributed by atoms with Gasteiger partial charge >= 0.3 is 0 Å². The molecule has 0 saturated carbocycles. The lowest BCUT2D eigenvalue weighted by atomic mass is 9.99. The lowest BCUT2D eigenvalue weighted by Crippen LogP contribution is -1.99. The second kappa shape index (κ2) is 8.13. The van der Waals surface area contributed by atoms with E-state index in [0.717, 1.165) is 29.5 Å². The number of ether oxygens (including phenoxy) is 1. The van der Waals surface area contributed by atoms with Gasteiger partial charge in [0.05, 0.1) is 6.61 Å². The summed E-state index contributed by atoms with van der Waals surface area (Å²) in [7, 11) is 0. The molecule has 3 aromatic carbocycles. The largest absolute Gasteiger partial charge is 0.491 e. The predicted octanol–water partition coefficient (Wildman–Crippen LogP) is 6.79. The van der Waals surface area contributed by atoms with Crippen LogP contribution in [0.15, 0.2) is 60.7 Å². The van der Waals surface area contributed by atoms with Gasteiger partial charge in [-0.1, -0.05) is 61.4 Å². The van der Waals surface area contributed by atoms with Gasteiger partial charge < -0.3 is 4.74 Å². The van der Waals surface area contributed by atoms with Crippen LogP contribution >= 0.6 is 0 Å². The molecule has 0 spiro atoms. The minimum atomic E-state index is -0.472. The topological polar surface area (TPSA) is 9.23 Å². The molecule has 0 saturated heterocycles. The number of unbranched alkanes of at least 4 members (excludes halogenated alkanes) is 1. The van der Waals surface area contributed by atoms with Gasteiger partial charge in [-0.3, -0.25) is 0 Å². The molecule has 26 heavy (non-hydrogen) atoms. The maximum Gasteiger partial charge on any atom is 0.165 e. The summed E-state index contributed by atoms with van der Waals surface area (Å²) in [5, 5.41) is 0. The summed E-state index contributed by atoms with van der Waals surface area (Å²) in [5.74, 6) is -0.637. The summed E-state index contributed by atoms with van der Waals surface area (Å²) in [6.07, 6.45) is 1.86. The van der Waals surface area contributed by atoms with Crippen LogP contribution in [-0.2, 0) is 0 Å². The van der Waals surface area contributed by atoms with Gasteiger partial charge in [-0.05, 0) is 48.2 Å². The molecular weight excluding hydrogens is 330 g/mol. The molecule has 0 bridgehead atoms. The van der Waals surface area contributed by atoms with Crippen molar-refractivity contribution in [1.29, 1.82) is 0 Å². The van der Waals surface area contributed by atoms with Crippen LogP contribution < -0.4 is 4.74 Å². The van der Waals surface area contributed by atoms with Crippen molar-refractivity contribution in [3.8, 4) is 28.0 Å². The number of hydrogen-bond acceptors (Lipinski definition) is 1. The van der Waals surface area contributed by atoms with E-state index in [-0.39, 0.29) is 11.6 Å². The number of aryl methyl sites for hydroxylation is 1. The lowest BCUT2D eigenvalue weighted by Gasteiger charge is -2.10. The first-order valence-electron chi connectivity index (χ1n) is 8.88. The van der Waals surface area contributed by atoms with Gasteiger partial charge in [0.25, 0.3) is 0 Å². The van der Waals surface area contributed by atoms with Crippen molar-refractivity contribution in [3.05, 3.63) is 77.9 Å². The van der Waals surface area contributed by atoms with Crippen molar-refractivity contribution in [2.45, 2.75) is 26.7 Å². The van der Waals surface area contributed by atoms with Gasteiger partial charge in [0.15, 0.2) is 11.6 Å². The zero-order valence-corrected chi connectivity index (χ0v) is 15.1. The third kappa shape index (κ3) is 4.10. The molecule has 0 aromatic heterocycles. The van der Waals surface area contributed by atoms with Crippen LogP contribution in [0.4, 0.5) is 8.78 Å². The van der Waals surface area contributed by atoms with E-state index in [1.54, 1.807) is 18.2 Å². The van der Waals surface area contributed by atoms with E-state index in [1.807, 2.05) is 44.2 Å². The Bertz CT molecular complexity index is 885. The molecule has 0 fully saturated rings. The summed E-state index contributed by atoms with van der Waals surface area (Å²) in [4.78, 5) is 0. The first kappa shape index (κ1) is 18.1. The molecule has 3 heteroatoms. The minimum absolute atomic E-state index is 0.207. The van der Waals surface area contributed by atoms with Crippen LogP contribution in [-0.4, -0.2) is 6.61 Å². The minimum Gasteiger partial charge on any atom is -0.491 e. The maximum absolute atomic E-state index is 14.6. The molecule has 0 unspecified atom stereocenters. The molecule has 3 aromatic rings. The summed E-state index contributed by atoms with van der Waals surface area (Å²) in [6.45, 7) is 4.54. The second-order valence-corrected chi connectivity index (χ2v) is 6.41. The first-order valence-corrected chi connectivity index (χ1v) is 8.88. The van der Waals surface area contributed by atoms with E-state index in [0.29, 0.717) is 17.7 Å². The molecule has 0 aliphatic rings. The maximum atomic E-state index is 14.6. The highest BCUT2D eigenvalue weighted by Gasteiger charge is 2.11. The van der Waals surface area contributed by atoms with Crippen molar-refractivity contribution >= 4 is 0 Å². The van der Waals surface area contributed by atoms with Crippen LogP contribution in [0.2, 0.25) is 0 Å². The van der Waals surface area contributed by atoms with Gasteiger partial charge in [0.2, 0.25) is 0 Å². The van der Waals surface area contributed by atoms with Crippen LogP contribution in [0.25, 0.3) is 22.3 Å². The number of hydrogen-bond donors (Lipinski definition) is 0. The van der Waals surface area contributed by atoms with Gasteiger partial charge in [-0.25, -0.2) is 8.78 Å². The molecule has 0 atom stereocenters. The highest BCUT2D eigenvalue weighted by Crippen LogP contribution is 2.30. The van der Waals surface area contributed by atoms with Gasteiger partial charge in [0.1, 0.15) is 5.82 Å². The van der Waals surface area contributed by atoms with Crippen LogP contribution in [0, 0.1) is 18.6 Å². The number of rotatable bonds is 6. The predicted molar refractivity (Wildman–Crippen MR) is 102 cm³/mol. The molecular formula is C23H22F2O. The standard InChI is InChI=1S/C23H22F2O/c1-3-4-13-26-23-12-10-19(15-22(23)25)20-11-9-18(14-21(20)24)17-7-5-16(2)6-8-17/h5-12,14-15H,3-4,13H2,1-2H3. The van der Waals surface area contributed by atoms with Crippen LogP contribution in [0.3, 0.4) is 0 Å². The van der Waals surface area contributed by atoms with Crippen LogP contribution in [0.1, 0.15) is 25.3 Å². The van der Waals surface area contributed by atoms with Crippen molar-refractivity contribution in [2.24, 2.45) is 0 Å². The van der Waals surface area contributed by atoms with Crippen molar-refractivity contribution in [2.75, 3.05) is 6.61 Å². The summed E-state index contributed by atoms with van der Waals surface area (Å²) >= 11 is 0. The highest BCUT2D eigenvalue weighted by atomic mass is 19.1. The lowest BCUT2D eigenvalue weighted by molar-refractivity contribution is 0.294. The summed E-state index contributed by atoms with van der Waals surface area (Å²) in [6, 6.07) is 17.5. The number of benzene rings is 3. The zero-order chi connectivity index (χ0) is 18.5. The monoisotopic (exact) mass is 352 g/mol. The summed E-state index contributed by atoms with van der Waals surface area (Å²) in [5.41, 5.74) is 3.78. The quantitative estimate of drug-likeness (QED) is 0.444. The highest BCUT2D eigenvalue weighted by molar-refractivity contribution is 5.71. The fraction of sp³-hybridized carbons (Fsp3) is 0.217. The smallest absolute Gasteiger partial charge is 0.165 e. The Balaban J connectivity index is 1.85. The van der Waals surface area contributed by atoms with Gasteiger partial charge in [0, 0.05) is 5.56 Å². The van der Waals surface area contributed by atoms with Gasteiger partial charge in [-0.15, -0.1) is 0 Å². The van der Waals surface area contributed by atoms with E-state index in [2.05, 4.69) is 0 Å². The zero-order valence-electron chi connectivity index (χ0n) is 15.1. The Morgan fingerprint density at radius 2 is 1.42 bits per heavy atom. The molecule has 134 valence electrons. The average Bonchev–Trinajstić information content (AvgIpc) is 2.64. The average molecular weight is 352 g/mol. The SMILES string of the molecule is CCCCOc1ccc(-c2ccc(-c3ccc(C)cc3)cc2F)cc1F. The van der Waals surface area contributed by atoms with E-state index < -0.39 is 5.82 Å². The molecule has 3 rings (SSSR count). The molecule has 0 heterocycles. The normalized spacial score (nSPS) is 10.8.